The Morgan fingerprint density at radius 2 is 1.86 bits per heavy atom. The van der Waals surface area contributed by atoms with E-state index in [1.54, 1.807) is 6.92 Å². The van der Waals surface area contributed by atoms with Gasteiger partial charge in [0.1, 0.15) is 0 Å². The summed E-state index contributed by atoms with van der Waals surface area (Å²) in [4.78, 5) is 0. The molecule has 0 heterocycles. The lowest BCUT2D eigenvalue weighted by Crippen LogP contribution is -2.01. The number of aryl methyl sites for hydroxylation is 2. The molecule has 0 radical (unpaired) electrons. The van der Waals surface area contributed by atoms with E-state index in [0.29, 0.717) is 6.42 Å². The van der Waals surface area contributed by atoms with Gasteiger partial charge in [-0.3, -0.25) is 0 Å². The highest BCUT2D eigenvalue weighted by Crippen LogP contribution is 2.23. The molecule has 0 aliphatic heterocycles. The van der Waals surface area contributed by atoms with Gasteiger partial charge in [-0.15, -0.1) is 11.8 Å². The van der Waals surface area contributed by atoms with Crippen LogP contribution in [0.4, 0.5) is 0 Å². The van der Waals surface area contributed by atoms with Crippen LogP contribution in [0.25, 0.3) is 0 Å². The fourth-order valence-corrected chi connectivity index (χ4v) is 1.65. The van der Waals surface area contributed by atoms with Crippen LogP contribution < -0.4 is 0 Å². The SMILES string of the molecule is CC#CCC(O)c1c(C)cccc1C. The summed E-state index contributed by atoms with van der Waals surface area (Å²) in [5.41, 5.74) is 3.29. The third-order valence-corrected chi connectivity index (χ3v) is 2.35. The van der Waals surface area contributed by atoms with Gasteiger partial charge in [0.25, 0.3) is 0 Å². The molecule has 0 bridgehead atoms. The first-order chi connectivity index (χ1) is 6.66. The summed E-state index contributed by atoms with van der Waals surface area (Å²) < 4.78 is 0. The number of benzene rings is 1. The average Bonchev–Trinajstić information content (AvgIpc) is 2.14. The van der Waals surface area contributed by atoms with Gasteiger partial charge in [-0.2, -0.15) is 0 Å². The lowest BCUT2D eigenvalue weighted by Gasteiger charge is -2.13. The quantitative estimate of drug-likeness (QED) is 0.707. The predicted octanol–water partition coefficient (Wildman–Crippen LogP) is 2.75. The molecule has 1 rings (SSSR count). The van der Waals surface area contributed by atoms with Crippen LogP contribution in [0.2, 0.25) is 0 Å². The Morgan fingerprint density at radius 1 is 1.29 bits per heavy atom. The number of rotatable bonds is 2. The standard InChI is InChI=1S/C13H16O/c1-4-5-9-12(14)13-10(2)7-6-8-11(13)3/h6-8,12,14H,9H2,1-3H3. The van der Waals surface area contributed by atoms with E-state index in [1.807, 2.05) is 32.0 Å². The third-order valence-electron chi connectivity index (χ3n) is 2.35. The van der Waals surface area contributed by atoms with Crippen LogP contribution in [0.3, 0.4) is 0 Å². The summed E-state index contributed by atoms with van der Waals surface area (Å²) in [6, 6.07) is 6.04. The van der Waals surface area contributed by atoms with Crippen molar-refractivity contribution in [1.82, 2.24) is 0 Å². The van der Waals surface area contributed by atoms with Crippen molar-refractivity contribution in [3.8, 4) is 11.8 Å². The Morgan fingerprint density at radius 3 is 2.36 bits per heavy atom. The molecule has 0 fully saturated rings. The van der Waals surface area contributed by atoms with Crippen molar-refractivity contribution in [2.45, 2.75) is 33.3 Å². The van der Waals surface area contributed by atoms with E-state index < -0.39 is 6.10 Å². The number of hydrogen-bond donors (Lipinski definition) is 1. The molecule has 1 aromatic carbocycles. The Labute approximate surface area is 85.8 Å². The first-order valence-corrected chi connectivity index (χ1v) is 4.80. The third kappa shape index (κ3) is 2.37. The molecule has 14 heavy (non-hydrogen) atoms. The van der Waals surface area contributed by atoms with E-state index in [9.17, 15) is 5.11 Å². The normalized spacial score (nSPS) is 11.7. The zero-order chi connectivity index (χ0) is 10.6. The first-order valence-electron chi connectivity index (χ1n) is 4.80. The molecule has 0 amide bonds. The lowest BCUT2D eigenvalue weighted by molar-refractivity contribution is 0.182. The van der Waals surface area contributed by atoms with Gasteiger partial charge in [0.05, 0.1) is 6.10 Å². The molecule has 0 aliphatic rings. The van der Waals surface area contributed by atoms with Gasteiger partial charge in [0, 0.05) is 6.42 Å². The van der Waals surface area contributed by atoms with Crippen LogP contribution >= 0.6 is 0 Å². The summed E-state index contributed by atoms with van der Waals surface area (Å²) >= 11 is 0. The fourth-order valence-electron chi connectivity index (χ4n) is 1.65. The zero-order valence-corrected chi connectivity index (χ0v) is 8.96. The first kappa shape index (κ1) is 10.8. The number of aliphatic hydroxyl groups is 1. The maximum absolute atomic E-state index is 9.91. The number of aliphatic hydroxyl groups excluding tert-OH is 1. The molecular formula is C13H16O. The molecule has 1 aromatic rings. The topological polar surface area (TPSA) is 20.2 Å². The van der Waals surface area contributed by atoms with Gasteiger partial charge in [-0.1, -0.05) is 18.2 Å². The second-order valence-electron chi connectivity index (χ2n) is 3.45. The van der Waals surface area contributed by atoms with Crippen molar-refractivity contribution in [1.29, 1.82) is 0 Å². The second-order valence-corrected chi connectivity index (χ2v) is 3.45. The van der Waals surface area contributed by atoms with E-state index in [1.165, 1.54) is 0 Å². The Kier molecular flexibility index (Phi) is 3.73. The van der Waals surface area contributed by atoms with Crippen molar-refractivity contribution in [3.05, 3.63) is 34.9 Å². The van der Waals surface area contributed by atoms with Gasteiger partial charge in [0.15, 0.2) is 0 Å². The van der Waals surface area contributed by atoms with Crippen LogP contribution in [-0.2, 0) is 0 Å². The molecule has 1 atom stereocenters. The average molecular weight is 188 g/mol. The fraction of sp³-hybridized carbons (Fsp3) is 0.385. The van der Waals surface area contributed by atoms with Crippen molar-refractivity contribution in [2.75, 3.05) is 0 Å². The molecular weight excluding hydrogens is 172 g/mol. The molecule has 74 valence electrons. The molecule has 0 aromatic heterocycles. The smallest absolute Gasteiger partial charge is 0.0904 e. The molecule has 1 heteroatoms. The van der Waals surface area contributed by atoms with E-state index in [0.717, 1.165) is 16.7 Å². The summed E-state index contributed by atoms with van der Waals surface area (Å²) in [5, 5.41) is 9.91. The van der Waals surface area contributed by atoms with Gasteiger partial charge >= 0.3 is 0 Å². The van der Waals surface area contributed by atoms with Crippen LogP contribution in [0, 0.1) is 25.7 Å². The molecule has 0 aliphatic carbocycles. The predicted molar refractivity (Wildman–Crippen MR) is 58.9 cm³/mol. The van der Waals surface area contributed by atoms with Crippen LogP contribution in [0.1, 0.15) is 36.1 Å². The maximum Gasteiger partial charge on any atom is 0.0904 e. The van der Waals surface area contributed by atoms with Crippen molar-refractivity contribution in [2.24, 2.45) is 0 Å². The zero-order valence-electron chi connectivity index (χ0n) is 8.96. The summed E-state index contributed by atoms with van der Waals surface area (Å²) in [5.74, 6) is 5.70. The van der Waals surface area contributed by atoms with Gasteiger partial charge in [-0.05, 0) is 37.5 Å². The minimum atomic E-state index is -0.455. The van der Waals surface area contributed by atoms with Gasteiger partial charge < -0.3 is 5.11 Å². The monoisotopic (exact) mass is 188 g/mol. The summed E-state index contributed by atoms with van der Waals surface area (Å²) in [6.45, 7) is 5.83. The van der Waals surface area contributed by atoms with Crippen molar-refractivity contribution < 1.29 is 5.11 Å². The highest BCUT2D eigenvalue weighted by Gasteiger charge is 2.10. The van der Waals surface area contributed by atoms with Gasteiger partial charge in [0.2, 0.25) is 0 Å². The Balaban J connectivity index is 2.97. The van der Waals surface area contributed by atoms with Gasteiger partial charge in [-0.25, -0.2) is 0 Å². The van der Waals surface area contributed by atoms with E-state index in [-0.39, 0.29) is 0 Å². The van der Waals surface area contributed by atoms with E-state index in [2.05, 4.69) is 11.8 Å². The molecule has 0 spiro atoms. The lowest BCUT2D eigenvalue weighted by atomic mass is 9.96. The molecule has 1 N–H and O–H groups in total. The van der Waals surface area contributed by atoms with Crippen molar-refractivity contribution in [3.63, 3.8) is 0 Å². The molecule has 1 unspecified atom stereocenters. The molecule has 0 saturated heterocycles. The Hall–Kier alpha value is -1.26. The second kappa shape index (κ2) is 4.83. The van der Waals surface area contributed by atoms with E-state index in [4.69, 9.17) is 0 Å². The van der Waals surface area contributed by atoms with Crippen LogP contribution in [0.15, 0.2) is 18.2 Å². The Bertz CT molecular complexity index is 348. The maximum atomic E-state index is 9.91. The van der Waals surface area contributed by atoms with Crippen LogP contribution in [0.5, 0.6) is 0 Å². The minimum Gasteiger partial charge on any atom is -0.387 e. The summed E-state index contributed by atoms with van der Waals surface area (Å²) in [7, 11) is 0. The van der Waals surface area contributed by atoms with Crippen molar-refractivity contribution >= 4 is 0 Å². The van der Waals surface area contributed by atoms with E-state index >= 15 is 0 Å². The highest BCUT2D eigenvalue weighted by atomic mass is 16.3. The molecule has 0 saturated carbocycles. The van der Waals surface area contributed by atoms with Crippen LogP contribution in [-0.4, -0.2) is 5.11 Å². The summed E-state index contributed by atoms with van der Waals surface area (Å²) in [6.07, 6.45) is 0.0611. The minimum absolute atomic E-state index is 0.455. The molecule has 1 nitrogen and oxygen atoms in total. The largest absolute Gasteiger partial charge is 0.387 e. The highest BCUT2D eigenvalue weighted by molar-refractivity contribution is 5.35. The number of hydrogen-bond acceptors (Lipinski definition) is 1.